The maximum absolute atomic E-state index is 13.2. The van der Waals surface area contributed by atoms with E-state index in [1.54, 1.807) is 18.9 Å². The summed E-state index contributed by atoms with van der Waals surface area (Å²) in [5, 5.41) is 0. The maximum atomic E-state index is 13.2. The number of fused-ring (bicyclic) bond motifs is 4. The smallest absolute Gasteiger partial charge is 0.410 e. The lowest BCUT2D eigenvalue weighted by Gasteiger charge is -2.40. The number of hydrogen-bond acceptors (Lipinski definition) is 6. The van der Waals surface area contributed by atoms with E-state index in [2.05, 4.69) is 30.3 Å². The van der Waals surface area contributed by atoms with Gasteiger partial charge in [0.2, 0.25) is 0 Å². The van der Waals surface area contributed by atoms with E-state index >= 15 is 0 Å². The topological polar surface area (TPSA) is 57.2 Å². The molecule has 0 saturated carbocycles. The lowest BCUT2D eigenvalue weighted by atomic mass is 9.92. The number of methoxy groups -OCH3 is 1. The van der Waals surface area contributed by atoms with Crippen LogP contribution in [0, 0.1) is 0 Å². The number of benzene rings is 2. The van der Waals surface area contributed by atoms with Crippen molar-refractivity contribution in [2.45, 2.75) is 87.7 Å². The van der Waals surface area contributed by atoms with Gasteiger partial charge in [-0.2, -0.15) is 0 Å². The number of piperidine rings is 1. The second kappa shape index (κ2) is 12.9. The van der Waals surface area contributed by atoms with Gasteiger partial charge in [-0.05, 0) is 82.7 Å². The molecular formula is C30H41NO5S. The fraction of sp³-hybridized carbons (Fsp3) is 0.567. The normalized spacial score (nSPS) is 20.9. The molecule has 2 aliphatic rings. The van der Waals surface area contributed by atoms with Gasteiger partial charge in [-0.1, -0.05) is 24.6 Å². The number of nitrogens with zero attached hydrogens (tertiary/aromatic N) is 1. The summed E-state index contributed by atoms with van der Waals surface area (Å²) in [6, 6.07) is 14.5. The van der Waals surface area contributed by atoms with Crippen LogP contribution in [0.15, 0.2) is 47.4 Å². The molecule has 2 heterocycles. The molecule has 1 saturated heterocycles. The van der Waals surface area contributed by atoms with Gasteiger partial charge in [-0.15, -0.1) is 11.8 Å². The Kier molecular flexibility index (Phi) is 9.65. The lowest BCUT2D eigenvalue weighted by Crippen LogP contribution is -2.45. The minimum atomic E-state index is -0.547. The Bertz CT molecular complexity index is 1020. The van der Waals surface area contributed by atoms with Crippen LogP contribution in [0.5, 0.6) is 11.5 Å². The Morgan fingerprint density at radius 2 is 1.81 bits per heavy atom. The van der Waals surface area contributed by atoms with Gasteiger partial charge < -0.3 is 23.8 Å². The average molecular weight is 528 g/mol. The number of amides is 1. The van der Waals surface area contributed by atoms with Crippen LogP contribution < -0.4 is 9.47 Å². The minimum Gasteiger partial charge on any atom is -0.497 e. The van der Waals surface area contributed by atoms with E-state index in [-0.39, 0.29) is 18.2 Å². The molecule has 2 bridgehead atoms. The summed E-state index contributed by atoms with van der Waals surface area (Å²) in [5.41, 5.74) is 1.72. The maximum Gasteiger partial charge on any atom is 0.410 e. The van der Waals surface area contributed by atoms with Crippen molar-refractivity contribution in [3.8, 4) is 11.5 Å². The third-order valence-corrected chi connectivity index (χ3v) is 7.81. The molecule has 4 rings (SSSR count). The number of carbonyl (C=O) groups is 1. The fourth-order valence-corrected chi connectivity index (χ4v) is 5.68. The molecule has 0 N–H and O–H groups in total. The second-order valence-corrected chi connectivity index (χ2v) is 11.9. The van der Waals surface area contributed by atoms with Crippen LogP contribution in [-0.4, -0.2) is 49.6 Å². The highest BCUT2D eigenvalue weighted by atomic mass is 32.2. The van der Waals surface area contributed by atoms with Gasteiger partial charge in [0.15, 0.2) is 0 Å². The number of ether oxygens (including phenoxy) is 4. The molecule has 1 amide bonds. The van der Waals surface area contributed by atoms with Gasteiger partial charge in [-0.25, -0.2) is 4.79 Å². The SMILES string of the molecule is COc1ccc(CSc2ccc3c(c2)OCCCCCCO[C@H]2CCN(C(=O)OC(C)(C)C)[C@H]3C2)cc1. The fourth-order valence-electron chi connectivity index (χ4n) is 4.80. The van der Waals surface area contributed by atoms with E-state index in [0.29, 0.717) is 13.2 Å². The van der Waals surface area contributed by atoms with Crippen LogP contribution in [0.3, 0.4) is 0 Å². The molecule has 0 spiro atoms. The van der Waals surface area contributed by atoms with E-state index in [1.165, 1.54) is 5.56 Å². The monoisotopic (exact) mass is 527 g/mol. The van der Waals surface area contributed by atoms with Crippen molar-refractivity contribution in [1.82, 2.24) is 4.90 Å². The van der Waals surface area contributed by atoms with Crippen LogP contribution in [-0.2, 0) is 15.2 Å². The van der Waals surface area contributed by atoms with E-state index in [4.69, 9.17) is 18.9 Å². The largest absolute Gasteiger partial charge is 0.497 e. The summed E-state index contributed by atoms with van der Waals surface area (Å²) < 4.78 is 23.7. The first-order chi connectivity index (χ1) is 17.8. The molecule has 0 unspecified atom stereocenters. The van der Waals surface area contributed by atoms with Gasteiger partial charge in [-0.3, -0.25) is 0 Å². The zero-order valence-corrected chi connectivity index (χ0v) is 23.5. The standard InChI is InChI=1S/C30H41NO5S/c1-30(2,3)36-29(32)31-16-15-24-19-27(31)26-14-13-25(37-21-22-9-11-23(33-4)12-10-22)20-28(26)35-18-8-6-5-7-17-34-24/h9-14,20,24,27H,5-8,15-19,21H2,1-4H3/t24-,27-/m0/s1. The summed E-state index contributed by atoms with van der Waals surface area (Å²) in [4.78, 5) is 16.3. The molecular weight excluding hydrogens is 486 g/mol. The zero-order valence-electron chi connectivity index (χ0n) is 22.7. The number of carbonyl (C=O) groups excluding carboxylic acids is 1. The number of likely N-dealkylation sites (tertiary alicyclic amines) is 1. The Balaban J connectivity index is 1.59. The molecule has 0 radical (unpaired) electrons. The minimum absolute atomic E-state index is 0.126. The summed E-state index contributed by atoms with van der Waals surface area (Å²) in [6.45, 7) is 7.79. The highest BCUT2D eigenvalue weighted by Gasteiger charge is 2.37. The molecule has 0 aliphatic carbocycles. The molecule has 6 nitrogen and oxygen atoms in total. The second-order valence-electron chi connectivity index (χ2n) is 10.8. The number of hydrogen-bond donors (Lipinski definition) is 0. The summed E-state index contributed by atoms with van der Waals surface area (Å²) in [5.74, 6) is 2.58. The van der Waals surface area contributed by atoms with Crippen LogP contribution in [0.4, 0.5) is 4.79 Å². The third-order valence-electron chi connectivity index (χ3n) is 6.74. The van der Waals surface area contributed by atoms with Crippen molar-refractivity contribution in [3.63, 3.8) is 0 Å². The molecule has 2 aromatic rings. The zero-order chi connectivity index (χ0) is 26.3. The van der Waals surface area contributed by atoms with Crippen molar-refractivity contribution >= 4 is 17.9 Å². The van der Waals surface area contributed by atoms with Crippen LogP contribution in [0.25, 0.3) is 0 Å². The average Bonchev–Trinajstić information content (AvgIpc) is 2.89. The molecule has 37 heavy (non-hydrogen) atoms. The van der Waals surface area contributed by atoms with E-state index in [9.17, 15) is 4.79 Å². The first kappa shape index (κ1) is 27.6. The van der Waals surface area contributed by atoms with Gasteiger partial charge >= 0.3 is 6.09 Å². The molecule has 1 fully saturated rings. The van der Waals surface area contributed by atoms with Crippen molar-refractivity contribution in [2.24, 2.45) is 0 Å². The van der Waals surface area contributed by atoms with Crippen molar-refractivity contribution in [3.05, 3.63) is 53.6 Å². The highest BCUT2D eigenvalue weighted by molar-refractivity contribution is 7.98. The first-order valence-electron chi connectivity index (χ1n) is 13.5. The van der Waals surface area contributed by atoms with Crippen LogP contribution >= 0.6 is 11.8 Å². The predicted octanol–water partition coefficient (Wildman–Crippen LogP) is 7.40. The Labute approximate surface area is 226 Å². The first-order valence-corrected chi connectivity index (χ1v) is 14.4. The van der Waals surface area contributed by atoms with Crippen LogP contribution in [0.2, 0.25) is 0 Å². The molecule has 2 aromatic carbocycles. The number of thioether (sulfide) groups is 1. The lowest BCUT2D eigenvalue weighted by molar-refractivity contribution is -0.0324. The number of rotatable bonds is 4. The Morgan fingerprint density at radius 1 is 1.05 bits per heavy atom. The predicted molar refractivity (Wildman–Crippen MR) is 148 cm³/mol. The molecule has 0 aromatic heterocycles. The molecule has 202 valence electrons. The van der Waals surface area contributed by atoms with Crippen molar-refractivity contribution in [2.75, 3.05) is 26.9 Å². The molecule has 7 heteroatoms. The highest BCUT2D eigenvalue weighted by Crippen LogP contribution is 2.40. The van der Waals surface area contributed by atoms with E-state index in [1.807, 2.05) is 37.8 Å². The van der Waals surface area contributed by atoms with Crippen molar-refractivity contribution < 1.29 is 23.7 Å². The van der Waals surface area contributed by atoms with Gasteiger partial charge in [0.05, 0.1) is 25.9 Å². The quantitative estimate of drug-likeness (QED) is 0.386. The van der Waals surface area contributed by atoms with Gasteiger partial charge in [0.1, 0.15) is 17.1 Å². The van der Waals surface area contributed by atoms with E-state index in [0.717, 1.165) is 72.8 Å². The summed E-state index contributed by atoms with van der Waals surface area (Å²) in [6.07, 6.45) is 5.76. The van der Waals surface area contributed by atoms with Crippen molar-refractivity contribution in [1.29, 1.82) is 0 Å². The van der Waals surface area contributed by atoms with E-state index < -0.39 is 5.60 Å². The third kappa shape index (κ3) is 8.05. The Hall–Kier alpha value is -2.38. The van der Waals surface area contributed by atoms with Gasteiger partial charge in [0, 0.05) is 29.4 Å². The summed E-state index contributed by atoms with van der Waals surface area (Å²) in [7, 11) is 1.68. The van der Waals surface area contributed by atoms with Crippen LogP contribution in [0.1, 0.15) is 76.5 Å². The molecule has 2 atom stereocenters. The summed E-state index contributed by atoms with van der Waals surface area (Å²) >= 11 is 1.78. The molecule has 2 aliphatic heterocycles. The Morgan fingerprint density at radius 3 is 2.54 bits per heavy atom. The van der Waals surface area contributed by atoms with Gasteiger partial charge in [0.25, 0.3) is 0 Å².